The lowest BCUT2D eigenvalue weighted by Gasteiger charge is -2.29. The maximum atomic E-state index is 12.7. The Labute approximate surface area is 150 Å². The Morgan fingerprint density at radius 1 is 1.17 bits per heavy atom. The van der Waals surface area contributed by atoms with Crippen LogP contribution in [-0.2, 0) is 4.79 Å². The maximum absolute atomic E-state index is 12.7. The molecule has 3 rings (SSSR count). The van der Waals surface area contributed by atoms with Crippen LogP contribution in [0.25, 0.3) is 12.2 Å². The molecule has 2 aromatic carbocycles. The molecule has 1 aliphatic heterocycles. The summed E-state index contributed by atoms with van der Waals surface area (Å²) in [6.07, 6.45) is 6.66. The van der Waals surface area contributed by atoms with E-state index in [1.165, 1.54) is 11.0 Å². The van der Waals surface area contributed by atoms with Crippen molar-refractivity contribution in [2.75, 3.05) is 4.90 Å². The van der Waals surface area contributed by atoms with Gasteiger partial charge in [0.15, 0.2) is 0 Å². The highest BCUT2D eigenvalue weighted by molar-refractivity contribution is 6.42. The summed E-state index contributed by atoms with van der Waals surface area (Å²) in [5.74, 6) is -0.274. The molecule has 0 spiro atoms. The Bertz CT molecular complexity index is 896. The van der Waals surface area contributed by atoms with E-state index in [2.05, 4.69) is 6.07 Å². The fourth-order valence-corrected chi connectivity index (χ4v) is 2.81. The van der Waals surface area contributed by atoms with E-state index >= 15 is 0 Å². The van der Waals surface area contributed by atoms with Gasteiger partial charge in [0.25, 0.3) is 5.91 Å². The Morgan fingerprint density at radius 3 is 2.71 bits per heavy atom. The lowest BCUT2D eigenvalue weighted by Crippen LogP contribution is -2.39. The van der Waals surface area contributed by atoms with Crippen molar-refractivity contribution in [1.29, 1.82) is 5.26 Å². The minimum absolute atomic E-state index is 0.274. The van der Waals surface area contributed by atoms with E-state index in [4.69, 9.17) is 23.2 Å². The largest absolute Gasteiger partial charge is 0.288 e. The average molecular weight is 355 g/mol. The molecule has 0 fully saturated rings. The molecule has 0 aromatic heterocycles. The van der Waals surface area contributed by atoms with Gasteiger partial charge in [-0.05, 0) is 41.5 Å². The normalized spacial score (nSPS) is 16.0. The maximum Gasteiger partial charge on any atom is 0.252 e. The second kappa shape index (κ2) is 6.92. The standard InChI is InChI=1S/C19H12Cl2N2O/c20-16-9-5-13(11-17(16)21)6-10-19(24)23-15(12-22)8-7-14-3-1-2-4-18(14)23/h1-11,15H. The van der Waals surface area contributed by atoms with Crippen molar-refractivity contribution >= 4 is 46.9 Å². The van der Waals surface area contributed by atoms with Crippen LogP contribution in [0.1, 0.15) is 11.1 Å². The van der Waals surface area contributed by atoms with Gasteiger partial charge in [-0.15, -0.1) is 0 Å². The van der Waals surface area contributed by atoms with Gasteiger partial charge in [-0.3, -0.25) is 9.69 Å². The van der Waals surface area contributed by atoms with E-state index in [0.717, 1.165) is 16.8 Å². The molecular formula is C19H12Cl2N2O. The van der Waals surface area contributed by atoms with E-state index in [0.29, 0.717) is 10.0 Å². The van der Waals surface area contributed by atoms with Crippen LogP contribution < -0.4 is 4.90 Å². The molecule has 0 radical (unpaired) electrons. The quantitative estimate of drug-likeness (QED) is 0.715. The smallest absolute Gasteiger partial charge is 0.252 e. The number of amides is 1. The van der Waals surface area contributed by atoms with Gasteiger partial charge in [0.2, 0.25) is 0 Å². The molecule has 0 aliphatic carbocycles. The van der Waals surface area contributed by atoms with Crippen LogP contribution in [-0.4, -0.2) is 11.9 Å². The molecule has 0 saturated carbocycles. The van der Waals surface area contributed by atoms with Crippen LogP contribution in [0.3, 0.4) is 0 Å². The van der Waals surface area contributed by atoms with Gasteiger partial charge in [0.05, 0.1) is 21.8 Å². The third-order valence-electron chi connectivity index (χ3n) is 3.66. The van der Waals surface area contributed by atoms with Gasteiger partial charge >= 0.3 is 0 Å². The number of nitrogens with zero attached hydrogens (tertiary/aromatic N) is 2. The van der Waals surface area contributed by atoms with Crippen LogP contribution in [0.4, 0.5) is 5.69 Å². The number of nitriles is 1. The van der Waals surface area contributed by atoms with Crippen molar-refractivity contribution < 1.29 is 4.79 Å². The minimum atomic E-state index is -0.633. The highest BCUT2D eigenvalue weighted by atomic mass is 35.5. The van der Waals surface area contributed by atoms with Crippen LogP contribution in [0.5, 0.6) is 0 Å². The summed E-state index contributed by atoms with van der Waals surface area (Å²) in [6, 6.07) is 14.1. The molecule has 24 heavy (non-hydrogen) atoms. The summed E-state index contributed by atoms with van der Waals surface area (Å²) < 4.78 is 0. The Morgan fingerprint density at radius 2 is 1.96 bits per heavy atom. The number of halogens is 2. The average Bonchev–Trinajstić information content (AvgIpc) is 2.61. The van der Waals surface area contributed by atoms with E-state index in [-0.39, 0.29) is 5.91 Å². The predicted octanol–water partition coefficient (Wildman–Crippen LogP) is 4.96. The second-order valence-corrected chi connectivity index (χ2v) is 6.02. The van der Waals surface area contributed by atoms with Gasteiger partial charge in [-0.1, -0.05) is 53.5 Å². The molecule has 0 bridgehead atoms. The van der Waals surface area contributed by atoms with E-state index in [9.17, 15) is 10.1 Å². The SMILES string of the molecule is N#CC1C=Cc2ccccc2N1C(=O)C=Cc1ccc(Cl)c(Cl)c1. The highest BCUT2D eigenvalue weighted by Crippen LogP contribution is 2.29. The fraction of sp³-hybridized carbons (Fsp3) is 0.0526. The molecule has 1 atom stereocenters. The third kappa shape index (κ3) is 3.21. The number of carbonyl (C=O) groups excluding carboxylic acids is 1. The minimum Gasteiger partial charge on any atom is -0.288 e. The molecule has 3 nitrogen and oxygen atoms in total. The molecule has 1 heterocycles. The number of hydrogen-bond donors (Lipinski definition) is 0. The lowest BCUT2D eigenvalue weighted by atomic mass is 10.0. The van der Waals surface area contributed by atoms with Crippen LogP contribution in [0.15, 0.2) is 54.6 Å². The zero-order valence-electron chi connectivity index (χ0n) is 12.5. The van der Waals surface area contributed by atoms with Crippen LogP contribution in [0.2, 0.25) is 10.0 Å². The van der Waals surface area contributed by atoms with E-state index < -0.39 is 6.04 Å². The zero-order chi connectivity index (χ0) is 17.1. The van der Waals surface area contributed by atoms with Crippen molar-refractivity contribution in [1.82, 2.24) is 0 Å². The van der Waals surface area contributed by atoms with Gasteiger partial charge in [-0.25, -0.2) is 0 Å². The summed E-state index contributed by atoms with van der Waals surface area (Å²) in [5.41, 5.74) is 2.38. The summed E-state index contributed by atoms with van der Waals surface area (Å²) in [6.45, 7) is 0. The Balaban J connectivity index is 1.90. The van der Waals surface area contributed by atoms with E-state index in [1.54, 1.807) is 30.4 Å². The molecular weight excluding hydrogens is 343 g/mol. The molecule has 5 heteroatoms. The topological polar surface area (TPSA) is 44.1 Å². The molecule has 118 valence electrons. The lowest BCUT2D eigenvalue weighted by molar-refractivity contribution is -0.114. The summed E-state index contributed by atoms with van der Waals surface area (Å²) in [7, 11) is 0. The molecule has 0 saturated heterocycles. The Hall–Kier alpha value is -2.54. The number of benzene rings is 2. The van der Waals surface area contributed by atoms with Gasteiger partial charge in [-0.2, -0.15) is 5.26 Å². The third-order valence-corrected chi connectivity index (χ3v) is 4.40. The highest BCUT2D eigenvalue weighted by Gasteiger charge is 2.26. The summed E-state index contributed by atoms with van der Waals surface area (Å²) in [4.78, 5) is 14.1. The first kappa shape index (κ1) is 16.3. The number of anilines is 1. The van der Waals surface area contributed by atoms with Gasteiger partial charge < -0.3 is 0 Å². The first-order chi connectivity index (χ1) is 11.6. The molecule has 1 unspecified atom stereocenters. The van der Waals surface area contributed by atoms with Crippen LogP contribution >= 0.6 is 23.2 Å². The molecule has 2 aromatic rings. The molecule has 1 amide bonds. The zero-order valence-corrected chi connectivity index (χ0v) is 14.0. The Kier molecular flexibility index (Phi) is 4.71. The second-order valence-electron chi connectivity index (χ2n) is 5.21. The monoisotopic (exact) mass is 354 g/mol. The fourth-order valence-electron chi connectivity index (χ4n) is 2.50. The molecule has 1 aliphatic rings. The van der Waals surface area contributed by atoms with Crippen LogP contribution in [0, 0.1) is 11.3 Å². The van der Waals surface area contributed by atoms with Crippen molar-refractivity contribution in [3.8, 4) is 6.07 Å². The summed E-state index contributed by atoms with van der Waals surface area (Å²) >= 11 is 11.9. The number of hydrogen-bond acceptors (Lipinski definition) is 2. The van der Waals surface area contributed by atoms with Crippen molar-refractivity contribution in [2.45, 2.75) is 6.04 Å². The number of rotatable bonds is 2. The number of fused-ring (bicyclic) bond motifs is 1. The summed E-state index contributed by atoms with van der Waals surface area (Å²) in [5, 5.41) is 10.2. The van der Waals surface area contributed by atoms with Gasteiger partial charge in [0, 0.05) is 6.08 Å². The molecule has 0 N–H and O–H groups in total. The number of para-hydroxylation sites is 1. The first-order valence-electron chi connectivity index (χ1n) is 7.23. The van der Waals surface area contributed by atoms with Crippen molar-refractivity contribution in [2.24, 2.45) is 0 Å². The van der Waals surface area contributed by atoms with Crippen molar-refractivity contribution in [3.05, 3.63) is 75.8 Å². The van der Waals surface area contributed by atoms with E-state index in [1.807, 2.05) is 30.3 Å². The first-order valence-corrected chi connectivity index (χ1v) is 7.99. The van der Waals surface area contributed by atoms with Gasteiger partial charge in [0.1, 0.15) is 6.04 Å². The van der Waals surface area contributed by atoms with Crippen molar-refractivity contribution in [3.63, 3.8) is 0 Å². The predicted molar refractivity (Wildman–Crippen MR) is 97.9 cm³/mol. The number of carbonyl (C=O) groups is 1.